The largest absolute Gasteiger partial charge is 0.391 e. The Labute approximate surface area is 121 Å². The number of hydrogen-bond acceptors (Lipinski definition) is 3. The molecule has 1 saturated carbocycles. The van der Waals surface area contributed by atoms with Crippen molar-refractivity contribution in [3.05, 3.63) is 0 Å². The average molecular weight is 284 g/mol. The Hall–Kier alpha value is -1.10. The molecule has 2 amide bonds. The number of aliphatic hydroxyl groups excluding tert-OH is 1. The fourth-order valence-corrected chi connectivity index (χ4v) is 2.62. The minimum atomic E-state index is -0.479. The van der Waals surface area contributed by atoms with Gasteiger partial charge in [0.1, 0.15) is 0 Å². The number of carbonyl (C=O) groups excluding carboxylic acids is 2. The minimum absolute atomic E-state index is 0.0776. The molecule has 0 spiro atoms. The molecule has 0 radical (unpaired) electrons. The van der Waals surface area contributed by atoms with E-state index in [-0.39, 0.29) is 36.7 Å². The van der Waals surface area contributed by atoms with Gasteiger partial charge in [0.25, 0.3) is 0 Å². The standard InChI is InChI=1S/C15H28N2O3/c1-3-6-13(18)10-16-14(19)9-11(2)17-15(20)12-7-4-5-8-12/h11-13,18H,3-10H2,1-2H3,(H,16,19)(H,17,20). The zero-order valence-corrected chi connectivity index (χ0v) is 12.7. The maximum Gasteiger partial charge on any atom is 0.223 e. The van der Waals surface area contributed by atoms with E-state index in [0.717, 1.165) is 32.1 Å². The second kappa shape index (κ2) is 8.95. The molecule has 1 aliphatic rings. The van der Waals surface area contributed by atoms with E-state index >= 15 is 0 Å². The van der Waals surface area contributed by atoms with Crippen LogP contribution in [-0.2, 0) is 9.59 Å². The Bertz CT molecular complexity index is 314. The lowest BCUT2D eigenvalue weighted by molar-refractivity contribution is -0.126. The van der Waals surface area contributed by atoms with Crippen LogP contribution >= 0.6 is 0 Å². The monoisotopic (exact) mass is 284 g/mol. The molecule has 5 nitrogen and oxygen atoms in total. The summed E-state index contributed by atoms with van der Waals surface area (Å²) in [5.74, 6) is 0.0834. The molecule has 0 aliphatic heterocycles. The van der Waals surface area contributed by atoms with E-state index < -0.39 is 6.10 Å². The molecule has 3 N–H and O–H groups in total. The smallest absolute Gasteiger partial charge is 0.223 e. The van der Waals surface area contributed by atoms with Crippen molar-refractivity contribution < 1.29 is 14.7 Å². The van der Waals surface area contributed by atoms with Crippen LogP contribution in [0, 0.1) is 5.92 Å². The van der Waals surface area contributed by atoms with Crippen LogP contribution in [0.1, 0.15) is 58.8 Å². The first-order valence-corrected chi connectivity index (χ1v) is 7.78. The summed E-state index contributed by atoms with van der Waals surface area (Å²) >= 11 is 0. The van der Waals surface area contributed by atoms with Gasteiger partial charge in [-0.1, -0.05) is 26.2 Å². The SMILES string of the molecule is CCCC(O)CNC(=O)CC(C)NC(=O)C1CCCC1. The van der Waals surface area contributed by atoms with Crippen LogP contribution in [0.25, 0.3) is 0 Å². The average Bonchev–Trinajstić information content (AvgIpc) is 2.90. The van der Waals surface area contributed by atoms with Crippen molar-refractivity contribution in [2.75, 3.05) is 6.54 Å². The second-order valence-electron chi connectivity index (χ2n) is 5.84. The molecule has 0 bridgehead atoms. The molecule has 0 aromatic rings. The Balaban J connectivity index is 2.18. The molecule has 0 aromatic carbocycles. The number of amides is 2. The normalized spacial score (nSPS) is 18.6. The Kier molecular flexibility index (Phi) is 7.59. The van der Waals surface area contributed by atoms with Crippen LogP contribution in [0.5, 0.6) is 0 Å². The fraction of sp³-hybridized carbons (Fsp3) is 0.867. The highest BCUT2D eigenvalue weighted by molar-refractivity contribution is 5.81. The zero-order valence-electron chi connectivity index (χ0n) is 12.7. The number of nitrogens with one attached hydrogen (secondary N) is 2. The maximum atomic E-state index is 11.9. The summed E-state index contributed by atoms with van der Waals surface area (Å²) < 4.78 is 0. The van der Waals surface area contributed by atoms with Crippen molar-refractivity contribution in [1.29, 1.82) is 0 Å². The van der Waals surface area contributed by atoms with Crippen LogP contribution in [0.15, 0.2) is 0 Å². The molecular formula is C15H28N2O3. The van der Waals surface area contributed by atoms with Gasteiger partial charge in [-0.3, -0.25) is 9.59 Å². The lowest BCUT2D eigenvalue weighted by atomic mass is 10.1. The van der Waals surface area contributed by atoms with E-state index in [9.17, 15) is 14.7 Å². The summed E-state index contributed by atoms with van der Waals surface area (Å²) in [5, 5.41) is 15.1. The van der Waals surface area contributed by atoms with Crippen molar-refractivity contribution in [2.45, 2.75) is 70.9 Å². The van der Waals surface area contributed by atoms with Gasteiger partial charge in [-0.25, -0.2) is 0 Å². The second-order valence-corrected chi connectivity index (χ2v) is 5.84. The van der Waals surface area contributed by atoms with E-state index in [1.54, 1.807) is 0 Å². The van der Waals surface area contributed by atoms with Gasteiger partial charge in [-0.15, -0.1) is 0 Å². The molecule has 2 unspecified atom stereocenters. The molecule has 0 aromatic heterocycles. The summed E-state index contributed by atoms with van der Waals surface area (Å²) in [7, 11) is 0. The van der Waals surface area contributed by atoms with Gasteiger partial charge in [0, 0.05) is 24.9 Å². The Morgan fingerprint density at radius 1 is 1.30 bits per heavy atom. The van der Waals surface area contributed by atoms with Crippen molar-refractivity contribution >= 4 is 11.8 Å². The third kappa shape index (κ3) is 6.37. The lowest BCUT2D eigenvalue weighted by Gasteiger charge is -2.17. The molecule has 1 aliphatic carbocycles. The molecule has 1 fully saturated rings. The molecule has 5 heteroatoms. The fourth-order valence-electron chi connectivity index (χ4n) is 2.62. The van der Waals surface area contributed by atoms with E-state index in [4.69, 9.17) is 0 Å². The predicted molar refractivity (Wildman–Crippen MR) is 78.1 cm³/mol. The summed E-state index contributed by atoms with van der Waals surface area (Å²) in [6.07, 6.45) is 5.55. The first-order chi connectivity index (χ1) is 9.52. The number of hydrogen-bond donors (Lipinski definition) is 3. The molecule has 0 saturated heterocycles. The highest BCUT2D eigenvalue weighted by Crippen LogP contribution is 2.24. The summed E-state index contributed by atoms with van der Waals surface area (Å²) in [6, 6.07) is -0.161. The Morgan fingerprint density at radius 3 is 2.55 bits per heavy atom. The highest BCUT2D eigenvalue weighted by atomic mass is 16.3. The van der Waals surface area contributed by atoms with Gasteiger partial charge in [0.15, 0.2) is 0 Å². The van der Waals surface area contributed by atoms with E-state index in [2.05, 4.69) is 10.6 Å². The van der Waals surface area contributed by atoms with Gasteiger partial charge in [-0.2, -0.15) is 0 Å². The van der Waals surface area contributed by atoms with Gasteiger partial charge < -0.3 is 15.7 Å². The third-order valence-corrected chi connectivity index (χ3v) is 3.76. The number of aliphatic hydroxyl groups is 1. The summed E-state index contributed by atoms with van der Waals surface area (Å²) in [4.78, 5) is 23.6. The van der Waals surface area contributed by atoms with Crippen molar-refractivity contribution in [3.63, 3.8) is 0 Å². The van der Waals surface area contributed by atoms with Gasteiger partial charge in [0.2, 0.25) is 11.8 Å². The molecule has 20 heavy (non-hydrogen) atoms. The minimum Gasteiger partial charge on any atom is -0.391 e. The van der Waals surface area contributed by atoms with Crippen LogP contribution in [-0.4, -0.2) is 35.6 Å². The molecule has 2 atom stereocenters. The van der Waals surface area contributed by atoms with Crippen LogP contribution in [0.2, 0.25) is 0 Å². The predicted octanol–water partition coefficient (Wildman–Crippen LogP) is 1.35. The van der Waals surface area contributed by atoms with Crippen LogP contribution in [0.3, 0.4) is 0 Å². The summed E-state index contributed by atoms with van der Waals surface area (Å²) in [6.45, 7) is 4.12. The molecular weight excluding hydrogens is 256 g/mol. The quantitative estimate of drug-likeness (QED) is 0.629. The van der Waals surface area contributed by atoms with Gasteiger partial charge >= 0.3 is 0 Å². The van der Waals surface area contributed by atoms with Crippen LogP contribution in [0.4, 0.5) is 0 Å². The zero-order chi connectivity index (χ0) is 15.0. The van der Waals surface area contributed by atoms with Gasteiger partial charge in [-0.05, 0) is 26.2 Å². The van der Waals surface area contributed by atoms with Crippen molar-refractivity contribution in [3.8, 4) is 0 Å². The first-order valence-electron chi connectivity index (χ1n) is 7.78. The summed E-state index contributed by atoms with van der Waals surface area (Å²) in [5.41, 5.74) is 0. The highest BCUT2D eigenvalue weighted by Gasteiger charge is 2.24. The number of carbonyl (C=O) groups is 2. The van der Waals surface area contributed by atoms with Crippen LogP contribution < -0.4 is 10.6 Å². The topological polar surface area (TPSA) is 78.4 Å². The Morgan fingerprint density at radius 2 is 1.95 bits per heavy atom. The lowest BCUT2D eigenvalue weighted by Crippen LogP contribution is -2.41. The first kappa shape index (κ1) is 17.0. The maximum absolute atomic E-state index is 11.9. The number of rotatable bonds is 8. The van der Waals surface area contributed by atoms with E-state index in [1.807, 2.05) is 13.8 Å². The van der Waals surface area contributed by atoms with Gasteiger partial charge in [0.05, 0.1) is 6.10 Å². The third-order valence-electron chi connectivity index (χ3n) is 3.76. The molecule has 0 heterocycles. The van der Waals surface area contributed by atoms with Crippen molar-refractivity contribution in [1.82, 2.24) is 10.6 Å². The van der Waals surface area contributed by atoms with Crippen molar-refractivity contribution in [2.24, 2.45) is 5.92 Å². The molecule has 116 valence electrons. The van der Waals surface area contributed by atoms with E-state index in [1.165, 1.54) is 0 Å². The molecule has 1 rings (SSSR count). The van der Waals surface area contributed by atoms with E-state index in [0.29, 0.717) is 6.42 Å².